The van der Waals surface area contributed by atoms with Gasteiger partial charge in [-0.3, -0.25) is 4.79 Å². The van der Waals surface area contributed by atoms with Crippen LogP contribution in [-0.2, 0) is 30.7 Å². The summed E-state index contributed by atoms with van der Waals surface area (Å²) in [5.41, 5.74) is 8.96. The monoisotopic (exact) mass is 468 g/mol. The van der Waals surface area contributed by atoms with Gasteiger partial charge in [-0.25, -0.2) is 4.39 Å². The molecule has 1 aliphatic rings. The number of amides is 1. The van der Waals surface area contributed by atoms with Gasteiger partial charge >= 0.3 is 0 Å². The van der Waals surface area contributed by atoms with Gasteiger partial charge < -0.3 is 9.88 Å². The second-order valence-electron chi connectivity index (χ2n) is 10.0. The third-order valence-electron chi connectivity index (χ3n) is 7.47. The van der Waals surface area contributed by atoms with E-state index in [4.69, 9.17) is 0 Å². The summed E-state index contributed by atoms with van der Waals surface area (Å²) in [6.07, 6.45) is 4.52. The Morgan fingerprint density at radius 1 is 1.00 bits per heavy atom. The number of carbonyl (C=O) groups is 1. The van der Waals surface area contributed by atoms with Gasteiger partial charge in [0.15, 0.2) is 0 Å². The highest BCUT2D eigenvalue weighted by atomic mass is 19.1. The number of benzene rings is 3. The third kappa shape index (κ3) is 5.17. The van der Waals surface area contributed by atoms with E-state index in [0.717, 1.165) is 37.8 Å². The molecule has 0 aliphatic heterocycles. The molecule has 0 saturated heterocycles. The molecule has 0 fully saturated rings. The minimum absolute atomic E-state index is 0.0500. The van der Waals surface area contributed by atoms with Crippen molar-refractivity contribution in [3.8, 4) is 0 Å². The van der Waals surface area contributed by atoms with E-state index < -0.39 is 0 Å². The first-order valence-corrected chi connectivity index (χ1v) is 12.6. The number of halogens is 1. The molecule has 0 radical (unpaired) electrons. The fourth-order valence-corrected chi connectivity index (χ4v) is 5.53. The zero-order chi connectivity index (χ0) is 24.4. The average molecular weight is 469 g/mol. The van der Waals surface area contributed by atoms with Crippen molar-refractivity contribution in [3.05, 3.63) is 106 Å². The molecule has 1 N–H and O–H groups in total. The molecule has 1 atom stereocenters. The van der Waals surface area contributed by atoms with Crippen LogP contribution in [0.4, 0.5) is 4.39 Å². The summed E-state index contributed by atoms with van der Waals surface area (Å²) in [5, 5.41) is 4.33. The number of hydrogen-bond acceptors (Lipinski definition) is 1. The van der Waals surface area contributed by atoms with E-state index in [1.165, 1.54) is 51.0 Å². The highest BCUT2D eigenvalue weighted by Gasteiger charge is 2.24. The maximum atomic E-state index is 13.4. The van der Waals surface area contributed by atoms with Crippen molar-refractivity contribution in [3.63, 3.8) is 0 Å². The number of aromatic nitrogens is 1. The first-order chi connectivity index (χ1) is 17.0. The summed E-state index contributed by atoms with van der Waals surface area (Å²) >= 11 is 0. The second kappa shape index (κ2) is 10.1. The zero-order valence-corrected chi connectivity index (χ0v) is 20.6. The summed E-state index contributed by atoms with van der Waals surface area (Å²) in [6.45, 7) is 5.59. The predicted octanol–water partition coefficient (Wildman–Crippen LogP) is 6.65. The lowest BCUT2D eigenvalue weighted by Gasteiger charge is -2.16. The summed E-state index contributed by atoms with van der Waals surface area (Å²) in [4.78, 5) is 12.7. The number of rotatable bonds is 6. The number of nitrogens with one attached hydrogen (secondary N) is 1. The van der Waals surface area contributed by atoms with Gasteiger partial charge in [0, 0.05) is 36.1 Å². The van der Waals surface area contributed by atoms with Gasteiger partial charge in [-0.05, 0) is 85.9 Å². The molecule has 1 amide bonds. The molecule has 3 nitrogen and oxygen atoms in total. The van der Waals surface area contributed by atoms with Crippen molar-refractivity contribution in [2.75, 3.05) is 0 Å². The van der Waals surface area contributed by atoms with Crippen molar-refractivity contribution < 1.29 is 9.18 Å². The van der Waals surface area contributed by atoms with E-state index in [1.807, 2.05) is 6.07 Å². The maximum absolute atomic E-state index is 13.4. The summed E-state index contributed by atoms with van der Waals surface area (Å²) in [6, 6.07) is 21.9. The van der Waals surface area contributed by atoms with Crippen LogP contribution in [0.15, 0.2) is 66.7 Å². The lowest BCUT2D eigenvalue weighted by molar-refractivity contribution is -0.122. The van der Waals surface area contributed by atoms with Crippen LogP contribution in [0.3, 0.4) is 0 Å². The normalized spacial score (nSPS) is 15.6. The number of hydrogen-bond donors (Lipinski definition) is 1. The number of carbonyl (C=O) groups excluding carboxylic acids is 1. The van der Waals surface area contributed by atoms with Crippen LogP contribution >= 0.6 is 0 Å². The van der Waals surface area contributed by atoms with Gasteiger partial charge in [0.25, 0.3) is 0 Å². The van der Waals surface area contributed by atoms with E-state index in [-0.39, 0.29) is 11.7 Å². The van der Waals surface area contributed by atoms with Crippen LogP contribution < -0.4 is 5.32 Å². The van der Waals surface area contributed by atoms with E-state index in [2.05, 4.69) is 66.2 Å². The van der Waals surface area contributed by atoms with E-state index >= 15 is 0 Å². The SMILES string of the molecule is Cc1ccc(C)c(Cn2c3c(c4ccccc42)CC[C@@H](CC(=O)NCc2cccc(F)c2)CC3)c1. The van der Waals surface area contributed by atoms with Gasteiger partial charge in [0.2, 0.25) is 5.91 Å². The molecule has 1 aromatic heterocycles. The Hall–Kier alpha value is -3.40. The quantitative estimate of drug-likeness (QED) is 0.316. The van der Waals surface area contributed by atoms with Crippen molar-refractivity contribution in [1.82, 2.24) is 9.88 Å². The van der Waals surface area contributed by atoms with Crippen LogP contribution in [-0.4, -0.2) is 10.5 Å². The fraction of sp³-hybridized carbons (Fsp3) is 0.323. The van der Waals surface area contributed by atoms with E-state index in [0.29, 0.717) is 18.9 Å². The molecule has 5 rings (SSSR count). The van der Waals surface area contributed by atoms with Gasteiger partial charge in [0.1, 0.15) is 5.82 Å². The maximum Gasteiger partial charge on any atom is 0.220 e. The first-order valence-electron chi connectivity index (χ1n) is 12.6. The number of fused-ring (bicyclic) bond motifs is 3. The smallest absolute Gasteiger partial charge is 0.220 e. The Morgan fingerprint density at radius 2 is 1.83 bits per heavy atom. The number of nitrogens with zero attached hydrogens (tertiary/aromatic N) is 1. The molecular formula is C31H33FN2O. The second-order valence-corrected chi connectivity index (χ2v) is 10.0. The molecule has 4 heteroatoms. The first kappa shape index (κ1) is 23.3. The molecular weight excluding hydrogens is 435 g/mol. The Balaban J connectivity index is 1.32. The molecule has 0 bridgehead atoms. The fourth-order valence-electron chi connectivity index (χ4n) is 5.53. The van der Waals surface area contributed by atoms with Crippen molar-refractivity contribution in [2.24, 2.45) is 5.92 Å². The standard InChI is InChI=1S/C31H33FN2O/c1-21-10-11-22(2)25(16-21)20-34-29-9-4-3-8-27(29)28-14-12-23(13-15-30(28)34)18-31(35)33-19-24-6-5-7-26(32)17-24/h3-11,16-17,23H,12-15,18-20H2,1-2H3,(H,33,35)/t23-/m1/s1. The summed E-state index contributed by atoms with van der Waals surface area (Å²) < 4.78 is 15.9. The zero-order valence-electron chi connectivity index (χ0n) is 20.6. The molecule has 0 spiro atoms. The lowest BCUT2D eigenvalue weighted by Crippen LogP contribution is -2.25. The minimum Gasteiger partial charge on any atom is -0.352 e. The Bertz CT molecular complexity index is 1370. The highest BCUT2D eigenvalue weighted by molar-refractivity contribution is 5.86. The largest absolute Gasteiger partial charge is 0.352 e. The molecule has 180 valence electrons. The molecule has 3 aromatic carbocycles. The molecule has 0 unspecified atom stereocenters. The van der Waals surface area contributed by atoms with Gasteiger partial charge in [-0.15, -0.1) is 0 Å². The van der Waals surface area contributed by atoms with Gasteiger partial charge in [-0.2, -0.15) is 0 Å². The van der Waals surface area contributed by atoms with Crippen LogP contribution in [0.2, 0.25) is 0 Å². The highest BCUT2D eigenvalue weighted by Crippen LogP contribution is 2.35. The summed E-state index contributed by atoms with van der Waals surface area (Å²) in [5.74, 6) is 0.128. The van der Waals surface area contributed by atoms with Crippen LogP contribution in [0, 0.1) is 25.6 Å². The molecule has 1 aliphatic carbocycles. The third-order valence-corrected chi connectivity index (χ3v) is 7.47. The van der Waals surface area contributed by atoms with Crippen LogP contribution in [0.1, 0.15) is 52.8 Å². The molecule has 1 heterocycles. The average Bonchev–Trinajstić information content (AvgIpc) is 2.98. The molecule has 4 aromatic rings. The van der Waals surface area contributed by atoms with Crippen LogP contribution in [0.5, 0.6) is 0 Å². The Morgan fingerprint density at radius 3 is 2.69 bits per heavy atom. The number of aryl methyl sites for hydroxylation is 3. The van der Waals surface area contributed by atoms with Crippen molar-refractivity contribution >= 4 is 16.8 Å². The predicted molar refractivity (Wildman–Crippen MR) is 140 cm³/mol. The molecule has 35 heavy (non-hydrogen) atoms. The number of para-hydroxylation sites is 1. The Kier molecular flexibility index (Phi) is 6.72. The summed E-state index contributed by atoms with van der Waals surface area (Å²) in [7, 11) is 0. The minimum atomic E-state index is -0.271. The van der Waals surface area contributed by atoms with Gasteiger partial charge in [-0.1, -0.05) is 54.1 Å². The topological polar surface area (TPSA) is 34.0 Å². The van der Waals surface area contributed by atoms with Crippen molar-refractivity contribution in [1.29, 1.82) is 0 Å². The van der Waals surface area contributed by atoms with Crippen LogP contribution in [0.25, 0.3) is 10.9 Å². The van der Waals surface area contributed by atoms with Gasteiger partial charge in [0.05, 0.1) is 0 Å². The Labute approximate surface area is 207 Å². The lowest BCUT2D eigenvalue weighted by atomic mass is 9.95. The van der Waals surface area contributed by atoms with E-state index in [1.54, 1.807) is 6.07 Å². The van der Waals surface area contributed by atoms with Crippen molar-refractivity contribution in [2.45, 2.75) is 59.0 Å². The van der Waals surface area contributed by atoms with E-state index in [9.17, 15) is 9.18 Å². The molecule has 0 saturated carbocycles.